The van der Waals surface area contributed by atoms with Gasteiger partial charge in [0.25, 0.3) is 10.0 Å². The van der Waals surface area contributed by atoms with E-state index in [-0.39, 0.29) is 17.1 Å². The predicted molar refractivity (Wildman–Crippen MR) is 113 cm³/mol. The molecule has 3 rings (SSSR count). The van der Waals surface area contributed by atoms with E-state index in [1.807, 2.05) is 18.2 Å². The van der Waals surface area contributed by atoms with Crippen molar-refractivity contribution in [3.63, 3.8) is 0 Å². The molecule has 0 fully saturated rings. The van der Waals surface area contributed by atoms with Gasteiger partial charge in [-0.05, 0) is 42.0 Å². The number of hydrogen-bond donors (Lipinski definition) is 1. The molecule has 0 aromatic heterocycles. The van der Waals surface area contributed by atoms with Crippen molar-refractivity contribution in [3.8, 4) is 17.2 Å². The Morgan fingerprint density at radius 3 is 2.30 bits per heavy atom. The van der Waals surface area contributed by atoms with Crippen molar-refractivity contribution < 1.29 is 27.8 Å². The van der Waals surface area contributed by atoms with Crippen LogP contribution in [0.3, 0.4) is 0 Å². The quantitative estimate of drug-likeness (QED) is 0.585. The van der Waals surface area contributed by atoms with E-state index in [9.17, 15) is 13.2 Å². The molecule has 0 aliphatic carbocycles. The van der Waals surface area contributed by atoms with Crippen molar-refractivity contribution in [3.05, 3.63) is 78.4 Å². The fraction of sp³-hybridized carbons (Fsp3) is 0.136. The molecule has 1 N–H and O–H groups in total. The summed E-state index contributed by atoms with van der Waals surface area (Å²) in [6.45, 7) is 0. The molecular formula is C22H21NO6S. The number of para-hydroxylation sites is 3. The van der Waals surface area contributed by atoms with Gasteiger partial charge in [0.15, 0.2) is 5.75 Å². The van der Waals surface area contributed by atoms with Gasteiger partial charge in [0.05, 0.1) is 19.2 Å². The van der Waals surface area contributed by atoms with Crippen LogP contribution in [0.25, 0.3) is 0 Å². The van der Waals surface area contributed by atoms with Gasteiger partial charge in [-0.2, -0.15) is 0 Å². The molecule has 0 bridgehead atoms. The highest BCUT2D eigenvalue weighted by Gasteiger charge is 2.28. The highest BCUT2D eigenvalue weighted by Crippen LogP contribution is 2.36. The molecule has 7 nitrogen and oxygen atoms in total. The lowest BCUT2D eigenvalue weighted by Gasteiger charge is -2.23. The second kappa shape index (κ2) is 8.87. The van der Waals surface area contributed by atoms with Crippen LogP contribution in [0.2, 0.25) is 0 Å². The maximum absolute atomic E-state index is 13.4. The largest absolute Gasteiger partial charge is 0.495 e. The van der Waals surface area contributed by atoms with Crippen LogP contribution in [0.4, 0.5) is 5.69 Å². The number of methoxy groups -OCH3 is 1. The number of aliphatic carboxylic acids is 1. The summed E-state index contributed by atoms with van der Waals surface area (Å²) < 4.78 is 39.0. The molecule has 0 atom stereocenters. The molecule has 0 saturated carbocycles. The number of ether oxygens (including phenoxy) is 2. The first-order chi connectivity index (χ1) is 14.3. The summed E-state index contributed by atoms with van der Waals surface area (Å²) in [5.41, 5.74) is 0.677. The van der Waals surface area contributed by atoms with Gasteiger partial charge in [0, 0.05) is 7.05 Å². The van der Waals surface area contributed by atoms with Crippen LogP contribution in [0.1, 0.15) is 5.56 Å². The number of rotatable bonds is 8. The fourth-order valence-electron chi connectivity index (χ4n) is 2.90. The average Bonchev–Trinajstić information content (AvgIpc) is 2.74. The molecule has 156 valence electrons. The van der Waals surface area contributed by atoms with Crippen molar-refractivity contribution in [1.29, 1.82) is 0 Å². The third kappa shape index (κ3) is 4.55. The lowest BCUT2D eigenvalue weighted by Crippen LogP contribution is -2.27. The molecule has 0 amide bonds. The topological polar surface area (TPSA) is 93.1 Å². The molecule has 3 aromatic rings. The van der Waals surface area contributed by atoms with Gasteiger partial charge in [0.2, 0.25) is 0 Å². The van der Waals surface area contributed by atoms with Crippen LogP contribution in [0.5, 0.6) is 17.2 Å². The minimum absolute atomic E-state index is 0.123. The lowest BCUT2D eigenvalue weighted by atomic mass is 10.1. The molecule has 0 aliphatic heterocycles. The molecule has 0 spiro atoms. The number of anilines is 1. The van der Waals surface area contributed by atoms with E-state index >= 15 is 0 Å². The zero-order chi connectivity index (χ0) is 21.7. The van der Waals surface area contributed by atoms with Crippen LogP contribution in [-0.2, 0) is 21.2 Å². The monoisotopic (exact) mass is 427 g/mol. The maximum atomic E-state index is 13.4. The Morgan fingerprint density at radius 2 is 1.63 bits per heavy atom. The second-order valence-electron chi connectivity index (χ2n) is 6.41. The number of carbonyl (C=O) groups is 1. The Kier molecular flexibility index (Phi) is 6.27. The van der Waals surface area contributed by atoms with Gasteiger partial charge in [0.1, 0.15) is 16.4 Å². The fourth-order valence-corrected chi connectivity index (χ4v) is 4.31. The van der Waals surface area contributed by atoms with Crippen LogP contribution < -0.4 is 13.8 Å². The number of carboxylic acid groups (broad SMARTS) is 1. The Balaban J connectivity index is 2.03. The summed E-state index contributed by atoms with van der Waals surface area (Å²) in [7, 11) is -1.31. The Labute approximate surface area is 175 Å². The maximum Gasteiger partial charge on any atom is 0.307 e. The second-order valence-corrected chi connectivity index (χ2v) is 8.35. The Hall–Kier alpha value is -3.52. The first kappa shape index (κ1) is 21.2. The van der Waals surface area contributed by atoms with Crippen molar-refractivity contribution >= 4 is 21.7 Å². The van der Waals surface area contributed by atoms with Crippen LogP contribution in [0, 0.1) is 0 Å². The van der Waals surface area contributed by atoms with E-state index in [1.54, 1.807) is 36.4 Å². The van der Waals surface area contributed by atoms with Crippen molar-refractivity contribution in [2.45, 2.75) is 11.3 Å². The summed E-state index contributed by atoms with van der Waals surface area (Å²) in [6, 6.07) is 20.1. The van der Waals surface area contributed by atoms with E-state index in [0.29, 0.717) is 22.7 Å². The number of hydrogen-bond acceptors (Lipinski definition) is 5. The van der Waals surface area contributed by atoms with Crippen LogP contribution in [-0.4, -0.2) is 33.7 Å². The predicted octanol–water partition coefficient (Wildman–Crippen LogP) is 3.94. The van der Waals surface area contributed by atoms with Gasteiger partial charge in [-0.1, -0.05) is 36.4 Å². The van der Waals surface area contributed by atoms with E-state index in [0.717, 1.165) is 4.31 Å². The molecular weight excluding hydrogens is 406 g/mol. The number of nitrogens with zero attached hydrogens (tertiary/aromatic N) is 1. The number of carboxylic acids is 1. The molecule has 0 radical (unpaired) electrons. The van der Waals surface area contributed by atoms with Crippen molar-refractivity contribution in [2.75, 3.05) is 18.5 Å². The highest BCUT2D eigenvalue weighted by atomic mass is 32.2. The highest BCUT2D eigenvalue weighted by molar-refractivity contribution is 7.93. The molecule has 8 heteroatoms. The molecule has 0 aliphatic rings. The number of benzene rings is 3. The standard InChI is InChI=1S/C22H21NO6S/c1-23(18-10-6-7-11-19(18)29-17-8-4-3-5-9-17)30(26,27)21-14-16(15-22(24)25)12-13-20(21)28-2/h3-14H,15H2,1-2H3,(H,24,25). The minimum Gasteiger partial charge on any atom is -0.495 e. The van der Waals surface area contributed by atoms with E-state index in [2.05, 4.69) is 0 Å². The third-order valence-corrected chi connectivity index (χ3v) is 6.19. The van der Waals surface area contributed by atoms with Crippen molar-refractivity contribution in [2.24, 2.45) is 0 Å². The summed E-state index contributed by atoms with van der Waals surface area (Å²) in [4.78, 5) is 10.9. The smallest absolute Gasteiger partial charge is 0.307 e. The first-order valence-corrected chi connectivity index (χ1v) is 10.5. The van der Waals surface area contributed by atoms with E-state index < -0.39 is 16.0 Å². The molecule has 0 unspecified atom stereocenters. The zero-order valence-corrected chi connectivity index (χ0v) is 17.3. The SMILES string of the molecule is COc1ccc(CC(=O)O)cc1S(=O)(=O)N(C)c1ccccc1Oc1ccccc1. The van der Waals surface area contributed by atoms with Gasteiger partial charge in [-0.15, -0.1) is 0 Å². The minimum atomic E-state index is -4.07. The Bertz CT molecular complexity index is 1150. The molecule has 0 saturated heterocycles. The van der Waals surface area contributed by atoms with Crippen molar-refractivity contribution in [1.82, 2.24) is 0 Å². The average molecular weight is 427 g/mol. The van der Waals surface area contributed by atoms with Crippen LogP contribution >= 0.6 is 0 Å². The van der Waals surface area contributed by atoms with Gasteiger partial charge < -0.3 is 14.6 Å². The normalized spacial score (nSPS) is 11.0. The molecule has 0 heterocycles. The zero-order valence-electron chi connectivity index (χ0n) is 16.5. The summed E-state index contributed by atoms with van der Waals surface area (Å²) in [5, 5.41) is 9.04. The first-order valence-electron chi connectivity index (χ1n) is 9.02. The van der Waals surface area contributed by atoms with Crippen LogP contribution in [0.15, 0.2) is 77.7 Å². The molecule has 30 heavy (non-hydrogen) atoms. The van der Waals surface area contributed by atoms with E-state index in [1.165, 1.54) is 32.4 Å². The van der Waals surface area contributed by atoms with Gasteiger partial charge in [-0.3, -0.25) is 9.10 Å². The summed E-state index contributed by atoms with van der Waals surface area (Å²) in [5.74, 6) is -0.0110. The van der Waals surface area contributed by atoms with E-state index in [4.69, 9.17) is 14.6 Å². The van der Waals surface area contributed by atoms with Gasteiger partial charge in [-0.25, -0.2) is 8.42 Å². The lowest BCUT2D eigenvalue weighted by molar-refractivity contribution is -0.136. The third-order valence-electron chi connectivity index (χ3n) is 4.40. The summed E-state index contributed by atoms with van der Waals surface area (Å²) in [6.07, 6.45) is -0.302. The van der Waals surface area contributed by atoms with Gasteiger partial charge >= 0.3 is 5.97 Å². The number of sulfonamides is 1. The molecule has 3 aromatic carbocycles. The summed E-state index contributed by atoms with van der Waals surface area (Å²) >= 11 is 0. The Morgan fingerprint density at radius 1 is 0.967 bits per heavy atom.